The Morgan fingerprint density at radius 1 is 1.14 bits per heavy atom. The number of methoxy groups -OCH3 is 1. The molecule has 2 heterocycles. The van der Waals surface area contributed by atoms with Crippen molar-refractivity contribution in [3.05, 3.63) is 82.8 Å². The molecule has 0 amide bonds. The summed E-state index contributed by atoms with van der Waals surface area (Å²) in [6.07, 6.45) is 3.24. The minimum atomic E-state index is 0.363. The third-order valence-electron chi connectivity index (χ3n) is 4.14. The maximum Gasteiger partial charge on any atom is 0.219 e. The summed E-state index contributed by atoms with van der Waals surface area (Å²) in [4.78, 5) is 0. The van der Waals surface area contributed by atoms with Crippen molar-refractivity contribution in [3.63, 3.8) is 0 Å². The van der Waals surface area contributed by atoms with Crippen LogP contribution in [0, 0.1) is 4.77 Å². The van der Waals surface area contributed by atoms with Gasteiger partial charge in [-0.15, -0.1) is 5.10 Å². The molecule has 0 aliphatic rings. The van der Waals surface area contributed by atoms with Gasteiger partial charge in [-0.1, -0.05) is 30.3 Å². The molecular formula is C21H18N4O3S. The van der Waals surface area contributed by atoms with E-state index in [2.05, 4.69) is 15.3 Å². The fourth-order valence-corrected chi connectivity index (χ4v) is 2.89. The van der Waals surface area contributed by atoms with Gasteiger partial charge in [0.25, 0.3) is 0 Å². The topological polar surface area (TPSA) is 77.6 Å². The van der Waals surface area contributed by atoms with Crippen LogP contribution in [0.4, 0.5) is 0 Å². The molecule has 0 saturated carbocycles. The number of hydrogen-bond acceptors (Lipinski definition) is 6. The van der Waals surface area contributed by atoms with Gasteiger partial charge in [0.15, 0.2) is 17.3 Å². The van der Waals surface area contributed by atoms with E-state index in [1.807, 2.05) is 48.5 Å². The Balaban J connectivity index is 1.58. The summed E-state index contributed by atoms with van der Waals surface area (Å²) in [5.41, 5.74) is 1.89. The number of nitrogens with one attached hydrogen (secondary N) is 1. The van der Waals surface area contributed by atoms with E-state index in [1.54, 1.807) is 31.7 Å². The van der Waals surface area contributed by atoms with E-state index in [9.17, 15) is 0 Å². The first-order chi connectivity index (χ1) is 14.2. The molecule has 2 aromatic carbocycles. The average Bonchev–Trinajstić information content (AvgIpc) is 3.41. The Kier molecular flexibility index (Phi) is 5.53. The summed E-state index contributed by atoms with van der Waals surface area (Å²) in [6, 6.07) is 19.1. The molecule has 0 unspecified atom stereocenters. The molecule has 0 atom stereocenters. The number of hydrogen-bond donors (Lipinski definition) is 1. The van der Waals surface area contributed by atoms with Gasteiger partial charge in [-0.2, -0.15) is 9.78 Å². The zero-order valence-electron chi connectivity index (χ0n) is 15.6. The van der Waals surface area contributed by atoms with Gasteiger partial charge in [-0.25, -0.2) is 5.10 Å². The SMILES string of the molecule is COc1ccc(/C=N\n2c(-c3ccco3)n[nH]c2=S)cc1OCc1ccccc1. The van der Waals surface area contributed by atoms with Crippen LogP contribution in [-0.4, -0.2) is 28.2 Å². The van der Waals surface area contributed by atoms with Gasteiger partial charge in [0.1, 0.15) is 6.61 Å². The molecule has 4 rings (SSSR count). The number of aromatic nitrogens is 3. The summed E-state index contributed by atoms with van der Waals surface area (Å²) < 4.78 is 18.6. The van der Waals surface area contributed by atoms with Gasteiger partial charge in [0.05, 0.1) is 19.6 Å². The van der Waals surface area contributed by atoms with E-state index in [1.165, 1.54) is 4.68 Å². The van der Waals surface area contributed by atoms with Gasteiger partial charge in [0, 0.05) is 0 Å². The van der Waals surface area contributed by atoms with Crippen LogP contribution in [0.5, 0.6) is 11.5 Å². The van der Waals surface area contributed by atoms with Gasteiger partial charge in [-0.3, -0.25) is 0 Å². The Morgan fingerprint density at radius 2 is 2.00 bits per heavy atom. The van der Waals surface area contributed by atoms with Gasteiger partial charge < -0.3 is 13.9 Å². The molecule has 0 fully saturated rings. The van der Waals surface area contributed by atoms with Crippen molar-refractivity contribution in [2.24, 2.45) is 5.10 Å². The summed E-state index contributed by atoms with van der Waals surface area (Å²) in [7, 11) is 1.61. The first-order valence-corrected chi connectivity index (χ1v) is 9.26. The number of furan rings is 1. The van der Waals surface area contributed by atoms with Crippen LogP contribution in [0.15, 0.2) is 76.4 Å². The van der Waals surface area contributed by atoms with Crippen LogP contribution in [-0.2, 0) is 6.61 Å². The lowest BCUT2D eigenvalue weighted by atomic mass is 10.2. The van der Waals surface area contributed by atoms with Crippen molar-refractivity contribution in [2.45, 2.75) is 6.61 Å². The van der Waals surface area contributed by atoms with Crippen LogP contribution in [0.2, 0.25) is 0 Å². The molecule has 146 valence electrons. The lowest BCUT2D eigenvalue weighted by Gasteiger charge is -2.11. The third kappa shape index (κ3) is 4.27. The molecule has 0 aliphatic heterocycles. The predicted octanol–water partition coefficient (Wildman–Crippen LogP) is 4.67. The van der Waals surface area contributed by atoms with E-state index in [4.69, 9.17) is 26.1 Å². The monoisotopic (exact) mass is 406 g/mol. The number of benzene rings is 2. The lowest BCUT2D eigenvalue weighted by molar-refractivity contribution is 0.284. The van der Waals surface area contributed by atoms with Crippen LogP contribution in [0.25, 0.3) is 11.6 Å². The second-order valence-electron chi connectivity index (χ2n) is 6.07. The number of aromatic amines is 1. The van der Waals surface area contributed by atoms with Gasteiger partial charge in [-0.05, 0) is 53.7 Å². The van der Waals surface area contributed by atoms with Crippen LogP contribution in [0.3, 0.4) is 0 Å². The highest BCUT2D eigenvalue weighted by Gasteiger charge is 2.11. The maximum atomic E-state index is 5.95. The van der Waals surface area contributed by atoms with E-state index in [0.717, 1.165) is 11.1 Å². The minimum Gasteiger partial charge on any atom is -0.493 e. The van der Waals surface area contributed by atoms with E-state index >= 15 is 0 Å². The number of nitrogens with zero attached hydrogens (tertiary/aromatic N) is 3. The highest BCUT2D eigenvalue weighted by molar-refractivity contribution is 7.71. The Morgan fingerprint density at radius 3 is 2.76 bits per heavy atom. The van der Waals surface area contributed by atoms with E-state index in [-0.39, 0.29) is 0 Å². The molecule has 29 heavy (non-hydrogen) atoms. The summed E-state index contributed by atoms with van der Waals surface area (Å²) in [5, 5.41) is 11.3. The van der Waals surface area contributed by atoms with Crippen molar-refractivity contribution in [2.75, 3.05) is 7.11 Å². The maximum absolute atomic E-state index is 5.95. The highest BCUT2D eigenvalue weighted by Crippen LogP contribution is 2.28. The Labute approximate surface area is 172 Å². The summed E-state index contributed by atoms with van der Waals surface area (Å²) in [5.74, 6) is 2.33. The van der Waals surface area contributed by atoms with Crippen molar-refractivity contribution in [1.82, 2.24) is 14.9 Å². The molecule has 2 aromatic heterocycles. The molecule has 8 heteroatoms. The molecule has 0 aliphatic carbocycles. The van der Waals surface area contributed by atoms with E-state index < -0.39 is 0 Å². The van der Waals surface area contributed by atoms with Gasteiger partial charge >= 0.3 is 0 Å². The third-order valence-corrected chi connectivity index (χ3v) is 4.40. The minimum absolute atomic E-state index is 0.363. The standard InChI is InChI=1S/C21H18N4O3S/c1-26-17-10-9-16(12-19(17)28-14-15-6-3-2-4-7-15)13-22-25-20(23-24-21(25)29)18-8-5-11-27-18/h2-13H,14H2,1H3,(H,24,29)/b22-13-. The van der Waals surface area contributed by atoms with Crippen LogP contribution < -0.4 is 9.47 Å². The first kappa shape index (κ1) is 18.7. The molecule has 0 saturated heterocycles. The second kappa shape index (κ2) is 8.57. The zero-order valence-corrected chi connectivity index (χ0v) is 16.4. The first-order valence-electron chi connectivity index (χ1n) is 8.85. The van der Waals surface area contributed by atoms with Crippen LogP contribution in [0.1, 0.15) is 11.1 Å². The second-order valence-corrected chi connectivity index (χ2v) is 6.46. The van der Waals surface area contributed by atoms with Crippen molar-refractivity contribution < 1.29 is 13.9 Å². The zero-order chi connectivity index (χ0) is 20.1. The summed E-state index contributed by atoms with van der Waals surface area (Å²) in [6.45, 7) is 0.438. The van der Waals surface area contributed by atoms with Crippen LogP contribution >= 0.6 is 12.2 Å². The quantitative estimate of drug-likeness (QED) is 0.356. The number of H-pyrrole nitrogens is 1. The van der Waals surface area contributed by atoms with Crippen molar-refractivity contribution in [1.29, 1.82) is 0 Å². The number of ether oxygens (including phenoxy) is 2. The molecule has 0 spiro atoms. The number of rotatable bonds is 7. The molecule has 7 nitrogen and oxygen atoms in total. The largest absolute Gasteiger partial charge is 0.493 e. The summed E-state index contributed by atoms with van der Waals surface area (Å²) >= 11 is 5.27. The molecular weight excluding hydrogens is 388 g/mol. The fraction of sp³-hybridized carbons (Fsp3) is 0.0952. The average molecular weight is 406 g/mol. The van der Waals surface area contributed by atoms with Gasteiger partial charge in [0.2, 0.25) is 10.6 Å². The fourth-order valence-electron chi connectivity index (χ4n) is 2.71. The lowest BCUT2D eigenvalue weighted by Crippen LogP contribution is -1.99. The molecule has 1 N–H and O–H groups in total. The highest BCUT2D eigenvalue weighted by atomic mass is 32.1. The Bertz CT molecular complexity index is 1160. The predicted molar refractivity (Wildman–Crippen MR) is 112 cm³/mol. The Hall–Kier alpha value is -3.65. The normalized spacial score (nSPS) is 11.1. The molecule has 0 bridgehead atoms. The molecule has 0 radical (unpaired) electrons. The molecule has 4 aromatic rings. The van der Waals surface area contributed by atoms with Crippen molar-refractivity contribution >= 4 is 18.4 Å². The van der Waals surface area contributed by atoms with Crippen molar-refractivity contribution in [3.8, 4) is 23.1 Å². The smallest absolute Gasteiger partial charge is 0.219 e. The van der Waals surface area contributed by atoms with E-state index in [0.29, 0.717) is 34.5 Å².